The number of anilines is 2. The van der Waals surface area contributed by atoms with Crippen LogP contribution in [0.15, 0.2) is 24.4 Å². The Balaban J connectivity index is 2.35. The van der Waals surface area contributed by atoms with E-state index in [4.69, 9.17) is 17.3 Å². The fourth-order valence-electron chi connectivity index (χ4n) is 1.61. The lowest BCUT2D eigenvalue weighted by Crippen LogP contribution is -2.16. The van der Waals surface area contributed by atoms with Crippen molar-refractivity contribution in [3.63, 3.8) is 0 Å². The molecule has 0 fully saturated rings. The molecule has 0 aliphatic heterocycles. The Labute approximate surface area is 118 Å². The number of amides is 1. The Bertz CT molecular complexity index is 692. The van der Waals surface area contributed by atoms with Crippen molar-refractivity contribution in [1.29, 1.82) is 0 Å². The van der Waals surface area contributed by atoms with Gasteiger partial charge in [0, 0.05) is 6.20 Å². The highest BCUT2D eigenvalue weighted by atomic mass is 35.5. The van der Waals surface area contributed by atoms with Gasteiger partial charge in [0.1, 0.15) is 5.82 Å². The van der Waals surface area contributed by atoms with Crippen LogP contribution in [0.5, 0.6) is 0 Å². The Morgan fingerprint density at radius 2 is 2.05 bits per heavy atom. The smallest absolute Gasteiger partial charge is 0.258 e. The third kappa shape index (κ3) is 2.85. The van der Waals surface area contributed by atoms with Crippen LogP contribution in [0.3, 0.4) is 0 Å². The quantitative estimate of drug-likeness (QED) is 0.661. The van der Waals surface area contributed by atoms with Crippen molar-refractivity contribution in [1.82, 2.24) is 4.98 Å². The normalized spacial score (nSPS) is 10.4. The molecule has 1 heterocycles. The van der Waals surface area contributed by atoms with Crippen LogP contribution in [0.1, 0.15) is 15.9 Å². The fraction of sp³-hybridized carbons (Fsp3) is 0.0769. The highest BCUT2D eigenvalue weighted by molar-refractivity contribution is 6.32. The summed E-state index contributed by atoms with van der Waals surface area (Å²) in [7, 11) is 0. The summed E-state index contributed by atoms with van der Waals surface area (Å²) < 4.78 is 26.9. The molecular formula is C13H10ClF2N3O. The molecule has 2 rings (SSSR count). The van der Waals surface area contributed by atoms with Crippen LogP contribution in [0.4, 0.5) is 20.2 Å². The molecule has 7 heteroatoms. The second-order valence-corrected chi connectivity index (χ2v) is 4.52. The van der Waals surface area contributed by atoms with Crippen molar-refractivity contribution in [3.05, 3.63) is 52.3 Å². The second-order valence-electron chi connectivity index (χ2n) is 4.16. The Morgan fingerprint density at radius 1 is 1.35 bits per heavy atom. The zero-order valence-corrected chi connectivity index (χ0v) is 11.1. The number of nitrogens with one attached hydrogen (secondary N) is 1. The first-order valence-electron chi connectivity index (χ1n) is 5.56. The van der Waals surface area contributed by atoms with Crippen molar-refractivity contribution in [2.24, 2.45) is 0 Å². The van der Waals surface area contributed by atoms with Gasteiger partial charge in [0.15, 0.2) is 11.0 Å². The van der Waals surface area contributed by atoms with Crippen molar-refractivity contribution in [2.45, 2.75) is 6.92 Å². The second kappa shape index (κ2) is 5.42. The van der Waals surface area contributed by atoms with E-state index in [1.165, 1.54) is 6.20 Å². The molecule has 104 valence electrons. The lowest BCUT2D eigenvalue weighted by atomic mass is 10.1. The minimum absolute atomic E-state index is 0.0498. The maximum absolute atomic E-state index is 13.7. The molecule has 0 bridgehead atoms. The molecule has 0 atom stereocenters. The van der Waals surface area contributed by atoms with Gasteiger partial charge in [-0.1, -0.05) is 11.6 Å². The largest absolute Gasteiger partial charge is 0.396 e. The number of nitrogens with two attached hydrogens (primary N) is 1. The number of aromatic nitrogens is 1. The maximum atomic E-state index is 13.7. The number of carbonyl (C=O) groups excluding carboxylic acids is 1. The summed E-state index contributed by atoms with van der Waals surface area (Å²) in [6, 6.07) is 3.12. The molecule has 1 aromatic heterocycles. The van der Waals surface area contributed by atoms with Gasteiger partial charge in [0.2, 0.25) is 0 Å². The Hall–Kier alpha value is -2.21. The van der Waals surface area contributed by atoms with Crippen molar-refractivity contribution in [2.75, 3.05) is 11.1 Å². The predicted molar refractivity (Wildman–Crippen MR) is 72.7 cm³/mol. The monoisotopic (exact) mass is 297 g/mol. The van der Waals surface area contributed by atoms with Gasteiger partial charge < -0.3 is 11.1 Å². The fourth-order valence-corrected chi connectivity index (χ4v) is 1.76. The molecule has 2 aromatic rings. The number of nitrogen functional groups attached to an aromatic ring is 1. The molecule has 0 radical (unpaired) electrons. The summed E-state index contributed by atoms with van der Waals surface area (Å²) in [6.07, 6.45) is 1.51. The molecule has 0 saturated heterocycles. The van der Waals surface area contributed by atoms with Crippen LogP contribution < -0.4 is 11.1 Å². The van der Waals surface area contributed by atoms with Gasteiger partial charge in [-0.05, 0) is 30.7 Å². The molecule has 1 amide bonds. The van der Waals surface area contributed by atoms with Crippen LogP contribution in [-0.4, -0.2) is 10.9 Å². The highest BCUT2D eigenvalue weighted by Gasteiger charge is 2.17. The van der Waals surface area contributed by atoms with E-state index in [1.807, 2.05) is 0 Å². The number of pyridine rings is 1. The topological polar surface area (TPSA) is 68.0 Å². The molecule has 0 spiro atoms. The molecule has 0 aliphatic carbocycles. The molecule has 0 unspecified atom stereocenters. The van der Waals surface area contributed by atoms with Crippen molar-refractivity contribution < 1.29 is 13.6 Å². The number of carbonyl (C=O) groups is 1. The number of rotatable bonds is 2. The number of benzene rings is 1. The first kappa shape index (κ1) is 14.2. The molecule has 0 saturated carbocycles. The molecular weight excluding hydrogens is 288 g/mol. The molecule has 4 nitrogen and oxygen atoms in total. The van der Waals surface area contributed by atoms with E-state index in [-0.39, 0.29) is 10.8 Å². The molecule has 1 aromatic carbocycles. The summed E-state index contributed by atoms with van der Waals surface area (Å²) in [5.74, 6) is -2.65. The maximum Gasteiger partial charge on any atom is 0.258 e. The van der Waals surface area contributed by atoms with E-state index in [2.05, 4.69) is 10.3 Å². The SMILES string of the molecule is Cc1cnc(Cl)c(NC(=O)c2cc(F)cc(N)c2F)c1. The predicted octanol–water partition coefficient (Wildman–Crippen LogP) is 3.16. The van der Waals surface area contributed by atoms with E-state index in [1.54, 1.807) is 13.0 Å². The van der Waals surface area contributed by atoms with E-state index in [0.717, 1.165) is 17.7 Å². The van der Waals surface area contributed by atoms with E-state index in [0.29, 0.717) is 0 Å². The van der Waals surface area contributed by atoms with Gasteiger partial charge in [-0.15, -0.1) is 0 Å². The average molecular weight is 298 g/mol. The van der Waals surface area contributed by atoms with Gasteiger partial charge >= 0.3 is 0 Å². The van der Waals surface area contributed by atoms with E-state index in [9.17, 15) is 13.6 Å². The standard InChI is InChI=1S/C13H10ClF2N3O/c1-6-2-10(12(14)18-5-6)19-13(20)8-3-7(15)4-9(17)11(8)16/h2-5H,17H2,1H3,(H,19,20). The molecule has 20 heavy (non-hydrogen) atoms. The van der Waals surface area contributed by atoms with Crippen LogP contribution >= 0.6 is 11.6 Å². The summed E-state index contributed by atoms with van der Waals surface area (Å²) in [6.45, 7) is 1.75. The van der Waals surface area contributed by atoms with Gasteiger partial charge in [0.05, 0.1) is 16.9 Å². The number of aryl methyl sites for hydroxylation is 1. The van der Waals surface area contributed by atoms with E-state index >= 15 is 0 Å². The number of nitrogens with zero attached hydrogens (tertiary/aromatic N) is 1. The lowest BCUT2D eigenvalue weighted by molar-refractivity contribution is 0.102. The zero-order valence-electron chi connectivity index (χ0n) is 10.4. The van der Waals surface area contributed by atoms with Crippen LogP contribution in [0.25, 0.3) is 0 Å². The zero-order chi connectivity index (χ0) is 14.9. The van der Waals surface area contributed by atoms with Gasteiger partial charge in [-0.25, -0.2) is 13.8 Å². The van der Waals surface area contributed by atoms with E-state index < -0.39 is 28.8 Å². The number of hydrogen-bond acceptors (Lipinski definition) is 3. The van der Waals surface area contributed by atoms with Crippen LogP contribution in [0.2, 0.25) is 5.15 Å². The lowest BCUT2D eigenvalue weighted by Gasteiger charge is -2.09. The average Bonchev–Trinajstić information content (AvgIpc) is 2.38. The van der Waals surface area contributed by atoms with Crippen LogP contribution in [0, 0.1) is 18.6 Å². The van der Waals surface area contributed by atoms with Gasteiger partial charge in [-0.2, -0.15) is 0 Å². The Kier molecular flexibility index (Phi) is 3.85. The Morgan fingerprint density at radius 3 is 2.75 bits per heavy atom. The molecule has 3 N–H and O–H groups in total. The van der Waals surface area contributed by atoms with Crippen molar-refractivity contribution in [3.8, 4) is 0 Å². The first-order chi connectivity index (χ1) is 9.38. The number of halogens is 3. The highest BCUT2D eigenvalue weighted by Crippen LogP contribution is 2.23. The van der Waals surface area contributed by atoms with Crippen molar-refractivity contribution >= 4 is 28.9 Å². The molecule has 0 aliphatic rings. The summed E-state index contributed by atoms with van der Waals surface area (Å²) in [5.41, 5.74) is 5.29. The van der Waals surface area contributed by atoms with Gasteiger partial charge in [0.25, 0.3) is 5.91 Å². The summed E-state index contributed by atoms with van der Waals surface area (Å²) >= 11 is 5.81. The van der Waals surface area contributed by atoms with Gasteiger partial charge in [-0.3, -0.25) is 4.79 Å². The summed E-state index contributed by atoms with van der Waals surface area (Å²) in [4.78, 5) is 15.8. The third-order valence-electron chi connectivity index (χ3n) is 2.53. The third-order valence-corrected chi connectivity index (χ3v) is 2.84. The number of hydrogen-bond donors (Lipinski definition) is 2. The summed E-state index contributed by atoms with van der Waals surface area (Å²) in [5, 5.41) is 2.42. The minimum Gasteiger partial charge on any atom is -0.396 e. The minimum atomic E-state index is -0.986. The van der Waals surface area contributed by atoms with Crippen LogP contribution in [-0.2, 0) is 0 Å². The first-order valence-corrected chi connectivity index (χ1v) is 5.94.